The van der Waals surface area contributed by atoms with Gasteiger partial charge in [0.15, 0.2) is 0 Å². The molecule has 1 aliphatic heterocycles. The number of carbonyl (C=O) groups is 1. The number of ether oxygens (including phenoxy) is 1. The van der Waals surface area contributed by atoms with E-state index in [1.54, 1.807) is 4.90 Å². The molecule has 0 unspecified atom stereocenters. The summed E-state index contributed by atoms with van der Waals surface area (Å²) in [6, 6.07) is 0. The first-order valence-electron chi connectivity index (χ1n) is 5.89. The summed E-state index contributed by atoms with van der Waals surface area (Å²) >= 11 is 0. The van der Waals surface area contributed by atoms with Crippen molar-refractivity contribution < 1.29 is 9.53 Å². The minimum absolute atomic E-state index is 0.165. The molecule has 1 fully saturated rings. The Bertz CT molecular complexity index is 197. The molecule has 1 atom stereocenters. The minimum Gasteiger partial charge on any atom is -0.449 e. The van der Waals surface area contributed by atoms with Crippen LogP contribution in [0.1, 0.15) is 32.6 Å². The minimum atomic E-state index is -0.165. The van der Waals surface area contributed by atoms with Crippen molar-refractivity contribution in [2.75, 3.05) is 26.2 Å². The molecule has 2 N–H and O–H groups in total. The van der Waals surface area contributed by atoms with Gasteiger partial charge in [-0.2, -0.15) is 0 Å². The van der Waals surface area contributed by atoms with Crippen LogP contribution in [0.25, 0.3) is 0 Å². The van der Waals surface area contributed by atoms with Crippen LogP contribution in [-0.4, -0.2) is 37.2 Å². The molecule has 0 saturated carbocycles. The average Bonchev–Trinajstić information content (AvgIpc) is 2.29. The van der Waals surface area contributed by atoms with Gasteiger partial charge >= 0.3 is 6.09 Å². The van der Waals surface area contributed by atoms with E-state index in [9.17, 15) is 4.79 Å². The van der Waals surface area contributed by atoms with Gasteiger partial charge in [0.2, 0.25) is 0 Å². The van der Waals surface area contributed by atoms with Crippen molar-refractivity contribution in [1.29, 1.82) is 0 Å². The number of nitrogens with two attached hydrogens (primary N) is 1. The van der Waals surface area contributed by atoms with Gasteiger partial charge in [-0.1, -0.05) is 13.3 Å². The van der Waals surface area contributed by atoms with E-state index in [1.165, 1.54) is 0 Å². The zero-order valence-electron chi connectivity index (χ0n) is 9.58. The molecule has 0 aliphatic carbocycles. The summed E-state index contributed by atoms with van der Waals surface area (Å²) in [5.74, 6) is 0.456. The molecule has 88 valence electrons. The molecule has 15 heavy (non-hydrogen) atoms. The molecule has 1 heterocycles. The molecule has 1 aliphatic rings. The second-order valence-corrected chi connectivity index (χ2v) is 4.16. The monoisotopic (exact) mass is 214 g/mol. The van der Waals surface area contributed by atoms with E-state index < -0.39 is 0 Å². The predicted molar refractivity (Wildman–Crippen MR) is 59.6 cm³/mol. The van der Waals surface area contributed by atoms with E-state index in [-0.39, 0.29) is 6.09 Å². The fourth-order valence-corrected chi connectivity index (χ4v) is 1.82. The van der Waals surface area contributed by atoms with Gasteiger partial charge in [0, 0.05) is 13.1 Å². The Morgan fingerprint density at radius 1 is 1.60 bits per heavy atom. The third-order valence-electron chi connectivity index (χ3n) is 2.83. The van der Waals surface area contributed by atoms with Crippen LogP contribution in [-0.2, 0) is 4.74 Å². The Kier molecular flexibility index (Phi) is 5.47. The Morgan fingerprint density at radius 3 is 3.07 bits per heavy atom. The fraction of sp³-hybridized carbons (Fsp3) is 0.909. The van der Waals surface area contributed by atoms with Gasteiger partial charge in [-0.3, -0.25) is 0 Å². The number of rotatable bonds is 4. The first kappa shape index (κ1) is 12.3. The summed E-state index contributed by atoms with van der Waals surface area (Å²) in [7, 11) is 0. The second-order valence-electron chi connectivity index (χ2n) is 4.16. The van der Waals surface area contributed by atoms with E-state index in [4.69, 9.17) is 10.5 Å². The standard InChI is InChI=1S/C11H22N2O2/c1-2-3-7-15-11(14)13-6-4-5-10(8-12)9-13/h10H,2-9,12H2,1H3/t10-/m0/s1. The largest absolute Gasteiger partial charge is 0.449 e. The van der Waals surface area contributed by atoms with E-state index in [2.05, 4.69) is 6.92 Å². The zero-order chi connectivity index (χ0) is 11.1. The van der Waals surface area contributed by atoms with Crippen molar-refractivity contribution in [1.82, 2.24) is 4.90 Å². The highest BCUT2D eigenvalue weighted by atomic mass is 16.6. The quantitative estimate of drug-likeness (QED) is 0.723. The normalized spacial score (nSPS) is 21.5. The maximum Gasteiger partial charge on any atom is 0.409 e. The van der Waals surface area contributed by atoms with Crippen molar-refractivity contribution in [2.45, 2.75) is 32.6 Å². The summed E-state index contributed by atoms with van der Waals surface area (Å²) in [5, 5.41) is 0. The summed E-state index contributed by atoms with van der Waals surface area (Å²) in [6.07, 6.45) is 4.01. The summed E-state index contributed by atoms with van der Waals surface area (Å²) in [6.45, 7) is 4.87. The van der Waals surface area contributed by atoms with Crippen molar-refractivity contribution in [3.05, 3.63) is 0 Å². The lowest BCUT2D eigenvalue weighted by Crippen LogP contribution is -2.42. The Balaban J connectivity index is 2.25. The molecule has 0 spiro atoms. The van der Waals surface area contributed by atoms with E-state index in [0.29, 0.717) is 19.1 Å². The molecular formula is C11H22N2O2. The van der Waals surface area contributed by atoms with Crippen LogP contribution < -0.4 is 5.73 Å². The van der Waals surface area contributed by atoms with Gasteiger partial charge in [-0.15, -0.1) is 0 Å². The maximum atomic E-state index is 11.6. The summed E-state index contributed by atoms with van der Waals surface area (Å²) < 4.78 is 5.16. The SMILES string of the molecule is CCCCOC(=O)N1CCC[C@@H](CN)C1. The molecule has 1 saturated heterocycles. The lowest BCUT2D eigenvalue weighted by molar-refractivity contribution is 0.0843. The van der Waals surface area contributed by atoms with Gasteiger partial charge in [0.1, 0.15) is 0 Å². The predicted octanol–water partition coefficient (Wildman–Crippen LogP) is 1.59. The van der Waals surface area contributed by atoms with Crippen LogP contribution in [0.3, 0.4) is 0 Å². The van der Waals surface area contributed by atoms with Crippen molar-refractivity contribution in [3.8, 4) is 0 Å². The third kappa shape index (κ3) is 4.08. The second kappa shape index (κ2) is 6.67. The molecule has 0 aromatic carbocycles. The summed E-state index contributed by atoms with van der Waals surface area (Å²) in [5.41, 5.74) is 5.61. The highest BCUT2D eigenvalue weighted by molar-refractivity contribution is 5.67. The lowest BCUT2D eigenvalue weighted by Gasteiger charge is -2.31. The van der Waals surface area contributed by atoms with Crippen LogP contribution in [0, 0.1) is 5.92 Å². The number of carbonyl (C=O) groups excluding carboxylic acids is 1. The van der Waals surface area contributed by atoms with E-state index in [0.717, 1.165) is 38.8 Å². The van der Waals surface area contributed by atoms with Crippen molar-refractivity contribution in [3.63, 3.8) is 0 Å². The first-order valence-corrected chi connectivity index (χ1v) is 5.89. The molecule has 1 rings (SSSR count). The van der Waals surface area contributed by atoms with Gasteiger partial charge < -0.3 is 15.4 Å². The molecule has 0 aromatic heterocycles. The molecule has 0 bridgehead atoms. The molecule has 1 amide bonds. The van der Waals surface area contributed by atoms with Gasteiger partial charge in [0.25, 0.3) is 0 Å². The van der Waals surface area contributed by atoms with Gasteiger partial charge in [-0.25, -0.2) is 4.79 Å². The van der Waals surface area contributed by atoms with Crippen LogP contribution in [0.4, 0.5) is 4.79 Å². The molecule has 0 radical (unpaired) electrons. The molecule has 0 aromatic rings. The van der Waals surface area contributed by atoms with Gasteiger partial charge in [0.05, 0.1) is 6.61 Å². The Morgan fingerprint density at radius 2 is 2.40 bits per heavy atom. The smallest absolute Gasteiger partial charge is 0.409 e. The van der Waals surface area contributed by atoms with Crippen LogP contribution in [0.15, 0.2) is 0 Å². The number of hydrogen-bond donors (Lipinski definition) is 1. The number of piperidine rings is 1. The van der Waals surface area contributed by atoms with E-state index >= 15 is 0 Å². The topological polar surface area (TPSA) is 55.6 Å². The lowest BCUT2D eigenvalue weighted by atomic mass is 9.99. The highest BCUT2D eigenvalue weighted by Gasteiger charge is 2.23. The molecule has 4 nitrogen and oxygen atoms in total. The fourth-order valence-electron chi connectivity index (χ4n) is 1.82. The summed E-state index contributed by atoms with van der Waals surface area (Å²) in [4.78, 5) is 13.4. The van der Waals surface area contributed by atoms with Crippen molar-refractivity contribution in [2.24, 2.45) is 11.7 Å². The maximum absolute atomic E-state index is 11.6. The number of amides is 1. The Hall–Kier alpha value is -0.770. The van der Waals surface area contributed by atoms with Crippen molar-refractivity contribution >= 4 is 6.09 Å². The number of hydrogen-bond acceptors (Lipinski definition) is 3. The molecular weight excluding hydrogens is 192 g/mol. The average molecular weight is 214 g/mol. The van der Waals surface area contributed by atoms with Gasteiger partial charge in [-0.05, 0) is 31.7 Å². The highest BCUT2D eigenvalue weighted by Crippen LogP contribution is 2.15. The Labute approximate surface area is 91.8 Å². The number of nitrogens with zero attached hydrogens (tertiary/aromatic N) is 1. The first-order chi connectivity index (χ1) is 7.27. The van der Waals surface area contributed by atoms with Crippen LogP contribution in [0.5, 0.6) is 0 Å². The third-order valence-corrected chi connectivity index (χ3v) is 2.83. The van der Waals surface area contributed by atoms with Crippen LogP contribution in [0.2, 0.25) is 0 Å². The number of likely N-dealkylation sites (tertiary alicyclic amines) is 1. The van der Waals surface area contributed by atoms with Crippen LogP contribution >= 0.6 is 0 Å². The van der Waals surface area contributed by atoms with E-state index in [1.807, 2.05) is 0 Å². The zero-order valence-corrected chi connectivity index (χ0v) is 9.58. The molecule has 4 heteroatoms. The number of unbranched alkanes of at least 4 members (excludes halogenated alkanes) is 1.